The molecule has 1 atom stereocenters. The minimum Gasteiger partial charge on any atom is -0.408 e. The van der Waals surface area contributed by atoms with Crippen molar-refractivity contribution in [2.75, 3.05) is 13.6 Å². The van der Waals surface area contributed by atoms with Crippen LogP contribution in [0, 0.1) is 0 Å². The number of para-hydroxylation sites is 2. The number of rotatable bonds is 6. The Bertz CT molecular complexity index is 644. The largest absolute Gasteiger partial charge is 0.419 e. The Labute approximate surface area is 116 Å². The van der Waals surface area contributed by atoms with Crippen molar-refractivity contribution >= 4 is 17.0 Å². The van der Waals surface area contributed by atoms with Gasteiger partial charge in [0.15, 0.2) is 5.58 Å². The summed E-state index contributed by atoms with van der Waals surface area (Å²) in [6.45, 7) is 2.86. The minimum atomic E-state index is -0.428. The summed E-state index contributed by atoms with van der Waals surface area (Å²) in [5.74, 6) is -0.508. The van der Waals surface area contributed by atoms with Crippen LogP contribution in [0.4, 0.5) is 0 Å². The van der Waals surface area contributed by atoms with Gasteiger partial charge in [0.25, 0.3) is 0 Å². The number of benzene rings is 1. The third-order valence-electron chi connectivity index (χ3n) is 3.23. The maximum Gasteiger partial charge on any atom is 0.419 e. The first-order valence-corrected chi connectivity index (χ1v) is 6.64. The summed E-state index contributed by atoms with van der Waals surface area (Å²) in [7, 11) is 1.84. The Morgan fingerprint density at radius 3 is 2.90 bits per heavy atom. The van der Waals surface area contributed by atoms with Crippen molar-refractivity contribution in [1.82, 2.24) is 15.2 Å². The number of nitrogens with zero attached hydrogens (tertiary/aromatic N) is 1. The van der Waals surface area contributed by atoms with Crippen molar-refractivity contribution in [3.8, 4) is 0 Å². The van der Waals surface area contributed by atoms with Crippen molar-refractivity contribution in [1.29, 1.82) is 0 Å². The number of amides is 1. The van der Waals surface area contributed by atoms with Crippen LogP contribution in [0.1, 0.15) is 13.3 Å². The van der Waals surface area contributed by atoms with Gasteiger partial charge in [0.2, 0.25) is 5.91 Å². The lowest BCUT2D eigenvalue weighted by molar-refractivity contribution is -0.121. The number of likely N-dealkylation sites (N-methyl/N-ethyl adjacent to an activating group) is 1. The van der Waals surface area contributed by atoms with Gasteiger partial charge < -0.3 is 15.1 Å². The van der Waals surface area contributed by atoms with Crippen LogP contribution in [0.5, 0.6) is 0 Å². The van der Waals surface area contributed by atoms with Gasteiger partial charge >= 0.3 is 5.76 Å². The van der Waals surface area contributed by atoms with E-state index in [9.17, 15) is 9.59 Å². The van der Waals surface area contributed by atoms with E-state index in [1.54, 1.807) is 12.1 Å². The second-order valence-corrected chi connectivity index (χ2v) is 4.73. The van der Waals surface area contributed by atoms with Gasteiger partial charge in [-0.25, -0.2) is 4.79 Å². The normalized spacial score (nSPS) is 12.5. The van der Waals surface area contributed by atoms with Crippen LogP contribution in [0.2, 0.25) is 0 Å². The molecule has 0 radical (unpaired) electrons. The molecule has 20 heavy (non-hydrogen) atoms. The fourth-order valence-electron chi connectivity index (χ4n) is 1.90. The summed E-state index contributed by atoms with van der Waals surface area (Å²) in [6.07, 6.45) is 0.250. The van der Waals surface area contributed by atoms with E-state index in [2.05, 4.69) is 10.6 Å². The van der Waals surface area contributed by atoms with Gasteiger partial charge in [-0.05, 0) is 26.1 Å². The highest BCUT2D eigenvalue weighted by atomic mass is 16.4. The predicted octanol–water partition coefficient (Wildman–Crippen LogP) is 0.709. The summed E-state index contributed by atoms with van der Waals surface area (Å²) in [4.78, 5) is 23.4. The lowest BCUT2D eigenvalue weighted by atomic mass is 10.3. The zero-order chi connectivity index (χ0) is 14.5. The summed E-state index contributed by atoms with van der Waals surface area (Å²) in [5, 5.41) is 5.85. The lowest BCUT2D eigenvalue weighted by Crippen LogP contribution is -2.37. The molecule has 1 aromatic carbocycles. The smallest absolute Gasteiger partial charge is 0.408 e. The molecule has 1 heterocycles. The highest BCUT2D eigenvalue weighted by Gasteiger charge is 2.10. The number of oxazole rings is 1. The maximum atomic E-state index is 11.7. The second-order valence-electron chi connectivity index (χ2n) is 4.73. The molecule has 1 aromatic heterocycles. The van der Waals surface area contributed by atoms with Gasteiger partial charge in [-0.3, -0.25) is 9.36 Å². The Morgan fingerprint density at radius 2 is 2.15 bits per heavy atom. The van der Waals surface area contributed by atoms with Crippen molar-refractivity contribution in [3.63, 3.8) is 0 Å². The number of hydrogen-bond acceptors (Lipinski definition) is 4. The average Bonchev–Trinajstić information content (AvgIpc) is 2.78. The number of fused-ring (bicyclic) bond motifs is 1. The molecule has 2 N–H and O–H groups in total. The Hall–Kier alpha value is -2.08. The number of aromatic nitrogens is 1. The zero-order valence-corrected chi connectivity index (χ0v) is 11.7. The Balaban J connectivity index is 1.97. The predicted molar refractivity (Wildman–Crippen MR) is 76.6 cm³/mol. The summed E-state index contributed by atoms with van der Waals surface area (Å²) in [5.41, 5.74) is 1.26. The molecule has 0 fully saturated rings. The molecule has 2 aromatic rings. The number of carbonyl (C=O) groups is 1. The summed E-state index contributed by atoms with van der Waals surface area (Å²) in [6, 6.07) is 7.41. The summed E-state index contributed by atoms with van der Waals surface area (Å²) < 4.78 is 6.60. The SMILES string of the molecule is CNC(C)CNC(=O)CCn1c(=O)oc2ccccc21. The van der Waals surface area contributed by atoms with E-state index in [4.69, 9.17) is 4.42 Å². The Morgan fingerprint density at radius 1 is 1.40 bits per heavy atom. The lowest BCUT2D eigenvalue weighted by Gasteiger charge is -2.11. The minimum absolute atomic E-state index is 0.0794. The van der Waals surface area contributed by atoms with E-state index in [1.165, 1.54) is 4.57 Å². The number of aryl methyl sites for hydroxylation is 1. The molecule has 6 heteroatoms. The van der Waals surface area contributed by atoms with Crippen LogP contribution in [0.15, 0.2) is 33.5 Å². The fraction of sp³-hybridized carbons (Fsp3) is 0.429. The van der Waals surface area contributed by atoms with Crippen LogP contribution < -0.4 is 16.4 Å². The monoisotopic (exact) mass is 277 g/mol. The first kappa shape index (κ1) is 14.3. The van der Waals surface area contributed by atoms with Crippen molar-refractivity contribution < 1.29 is 9.21 Å². The standard InChI is InChI=1S/C14H19N3O3/c1-10(15-2)9-16-13(18)7-8-17-11-5-3-4-6-12(11)20-14(17)19/h3-6,10,15H,7-9H2,1-2H3,(H,16,18). The van der Waals surface area contributed by atoms with Crippen molar-refractivity contribution in [2.24, 2.45) is 0 Å². The van der Waals surface area contributed by atoms with Crippen LogP contribution in [-0.2, 0) is 11.3 Å². The quantitative estimate of drug-likeness (QED) is 0.815. The highest BCUT2D eigenvalue weighted by Crippen LogP contribution is 2.11. The van der Waals surface area contributed by atoms with Crippen LogP contribution in [-0.4, -0.2) is 30.1 Å². The molecule has 6 nitrogen and oxygen atoms in total. The van der Waals surface area contributed by atoms with Gasteiger partial charge in [-0.1, -0.05) is 12.1 Å². The van der Waals surface area contributed by atoms with E-state index in [0.29, 0.717) is 24.2 Å². The van der Waals surface area contributed by atoms with Crippen LogP contribution in [0.25, 0.3) is 11.1 Å². The number of hydrogen-bond donors (Lipinski definition) is 2. The third-order valence-corrected chi connectivity index (χ3v) is 3.23. The van der Waals surface area contributed by atoms with Gasteiger partial charge in [-0.2, -0.15) is 0 Å². The zero-order valence-electron chi connectivity index (χ0n) is 11.7. The molecule has 0 bridgehead atoms. The van der Waals surface area contributed by atoms with Crippen molar-refractivity contribution in [3.05, 3.63) is 34.8 Å². The Kier molecular flexibility index (Phi) is 4.57. The molecular formula is C14H19N3O3. The molecule has 1 amide bonds. The molecular weight excluding hydrogens is 258 g/mol. The number of carbonyl (C=O) groups excluding carboxylic acids is 1. The molecule has 0 aliphatic carbocycles. The molecule has 0 aliphatic rings. The third kappa shape index (κ3) is 3.27. The van der Waals surface area contributed by atoms with Gasteiger partial charge in [0.05, 0.1) is 5.52 Å². The van der Waals surface area contributed by atoms with E-state index in [-0.39, 0.29) is 18.4 Å². The number of nitrogens with one attached hydrogen (secondary N) is 2. The average molecular weight is 277 g/mol. The highest BCUT2D eigenvalue weighted by molar-refractivity contribution is 5.76. The topological polar surface area (TPSA) is 76.3 Å². The first-order valence-electron chi connectivity index (χ1n) is 6.64. The first-order chi connectivity index (χ1) is 9.61. The maximum absolute atomic E-state index is 11.7. The molecule has 0 saturated heterocycles. The van der Waals surface area contributed by atoms with Crippen LogP contribution >= 0.6 is 0 Å². The second kappa shape index (κ2) is 6.38. The van der Waals surface area contributed by atoms with Crippen LogP contribution in [0.3, 0.4) is 0 Å². The van der Waals surface area contributed by atoms with E-state index in [1.807, 2.05) is 26.1 Å². The molecule has 0 aliphatic heterocycles. The van der Waals surface area contributed by atoms with Gasteiger partial charge in [-0.15, -0.1) is 0 Å². The molecule has 0 spiro atoms. The molecule has 108 valence electrons. The summed E-state index contributed by atoms with van der Waals surface area (Å²) >= 11 is 0. The molecule has 2 rings (SSSR count). The molecule has 1 unspecified atom stereocenters. The van der Waals surface area contributed by atoms with E-state index in [0.717, 1.165) is 0 Å². The van der Waals surface area contributed by atoms with Crippen molar-refractivity contribution in [2.45, 2.75) is 25.9 Å². The molecule has 0 saturated carbocycles. The van der Waals surface area contributed by atoms with Gasteiger partial charge in [0, 0.05) is 25.6 Å². The van der Waals surface area contributed by atoms with E-state index >= 15 is 0 Å². The fourth-order valence-corrected chi connectivity index (χ4v) is 1.90. The van der Waals surface area contributed by atoms with E-state index < -0.39 is 5.76 Å². The van der Waals surface area contributed by atoms with Gasteiger partial charge in [0.1, 0.15) is 0 Å².